The predicted molar refractivity (Wildman–Crippen MR) is 75.9 cm³/mol. The Morgan fingerprint density at radius 3 is 2.64 bits per heavy atom. The molecule has 0 amide bonds. The molecule has 0 aliphatic heterocycles. The van der Waals surface area contributed by atoms with Gasteiger partial charge >= 0.3 is 5.97 Å². The Morgan fingerprint density at radius 1 is 1.32 bits per heavy atom. The van der Waals surface area contributed by atoms with E-state index < -0.39 is 32.8 Å². The van der Waals surface area contributed by atoms with Gasteiger partial charge in [0.2, 0.25) is 5.76 Å². The number of nitrogens with zero attached hydrogens (tertiary/aromatic N) is 2. The van der Waals surface area contributed by atoms with Crippen LogP contribution in [0.2, 0.25) is 0 Å². The molecule has 1 atom stereocenters. The normalized spacial score (nSPS) is 18.4. The van der Waals surface area contributed by atoms with Crippen molar-refractivity contribution in [3.63, 3.8) is 0 Å². The lowest BCUT2D eigenvalue weighted by atomic mass is 10.2. The van der Waals surface area contributed by atoms with Crippen LogP contribution in [0.25, 0.3) is 0 Å². The average molecular weight is 324 g/mol. The topological polar surface area (TPSA) is 127 Å². The van der Waals surface area contributed by atoms with Gasteiger partial charge in [-0.05, 0) is 6.42 Å². The lowest BCUT2D eigenvalue weighted by Crippen LogP contribution is -2.26. The van der Waals surface area contributed by atoms with Gasteiger partial charge in [-0.3, -0.25) is 4.79 Å². The van der Waals surface area contributed by atoms with Crippen molar-refractivity contribution in [1.29, 1.82) is 0 Å². The van der Waals surface area contributed by atoms with Crippen molar-refractivity contribution < 1.29 is 28.2 Å². The zero-order valence-electron chi connectivity index (χ0n) is 11.2. The molecule has 9 heteroatoms. The third-order valence-electron chi connectivity index (χ3n) is 2.92. The second-order valence-electron chi connectivity index (χ2n) is 4.43. The molecule has 1 aliphatic rings. The van der Waals surface area contributed by atoms with Gasteiger partial charge < -0.3 is 10.2 Å². The van der Waals surface area contributed by atoms with Crippen LogP contribution in [0.3, 0.4) is 0 Å². The van der Waals surface area contributed by atoms with Gasteiger partial charge in [0, 0.05) is 6.08 Å². The average Bonchev–Trinajstić information content (AvgIpc) is 2.98. The zero-order valence-corrected chi connectivity index (χ0v) is 12.0. The Labute approximate surface area is 125 Å². The molecule has 0 aromatic carbocycles. The molecule has 0 radical (unpaired) electrons. The fourth-order valence-corrected chi connectivity index (χ4v) is 3.12. The fourth-order valence-electron chi connectivity index (χ4n) is 1.76. The third-order valence-corrected chi connectivity index (χ3v) is 4.75. The monoisotopic (exact) mass is 324 g/mol. The predicted octanol–water partition coefficient (Wildman–Crippen LogP) is 0.655. The highest BCUT2D eigenvalue weighted by atomic mass is 32.2. The summed E-state index contributed by atoms with van der Waals surface area (Å²) in [5, 5.41) is 20.3. The van der Waals surface area contributed by atoms with Crippen LogP contribution in [0.5, 0.6) is 0 Å². The van der Waals surface area contributed by atoms with Crippen molar-refractivity contribution in [1.82, 2.24) is 9.19 Å². The third kappa shape index (κ3) is 3.14. The van der Waals surface area contributed by atoms with Gasteiger partial charge in [-0.25, -0.2) is 13.2 Å². The zero-order chi connectivity index (χ0) is 16.3. The number of aromatic nitrogens is 2. The Kier molecular flexibility index (Phi) is 4.27. The minimum Gasteiger partial charge on any atom is -0.502 e. The Bertz CT molecular complexity index is 800. The highest BCUT2D eigenvalue weighted by Gasteiger charge is 2.26. The van der Waals surface area contributed by atoms with Gasteiger partial charge in [-0.2, -0.15) is 9.19 Å². The summed E-state index contributed by atoms with van der Waals surface area (Å²) in [4.78, 5) is 22.1. The van der Waals surface area contributed by atoms with Crippen molar-refractivity contribution in [2.45, 2.75) is 11.7 Å². The van der Waals surface area contributed by atoms with Crippen LogP contribution in [0, 0.1) is 0 Å². The molecule has 1 aromatic rings. The van der Waals surface area contributed by atoms with Crippen molar-refractivity contribution in [2.75, 3.05) is 0 Å². The second-order valence-corrected chi connectivity index (χ2v) is 6.44. The molecule has 8 nitrogen and oxygen atoms in total. The minimum atomic E-state index is -3.80. The van der Waals surface area contributed by atoms with Crippen LogP contribution < -0.4 is 0 Å². The van der Waals surface area contributed by atoms with Crippen molar-refractivity contribution >= 4 is 21.8 Å². The quantitative estimate of drug-likeness (QED) is 0.462. The van der Waals surface area contributed by atoms with E-state index in [2.05, 4.69) is 5.10 Å². The number of carboxylic acid groups (broad SMARTS) is 1. The Balaban J connectivity index is 2.26. The van der Waals surface area contributed by atoms with Crippen LogP contribution in [-0.2, 0) is 14.8 Å². The van der Waals surface area contributed by atoms with Crippen molar-refractivity contribution in [2.24, 2.45) is 0 Å². The van der Waals surface area contributed by atoms with Gasteiger partial charge in [0.15, 0.2) is 5.78 Å². The molecular weight excluding hydrogens is 312 g/mol. The van der Waals surface area contributed by atoms with Crippen LogP contribution in [-0.4, -0.2) is 44.8 Å². The molecule has 1 aliphatic carbocycles. The number of carboxylic acids is 1. The van der Waals surface area contributed by atoms with E-state index >= 15 is 0 Å². The van der Waals surface area contributed by atoms with E-state index in [4.69, 9.17) is 10.2 Å². The van der Waals surface area contributed by atoms with Crippen molar-refractivity contribution in [3.8, 4) is 0 Å². The van der Waals surface area contributed by atoms with Crippen LogP contribution in [0.1, 0.15) is 16.8 Å². The largest absolute Gasteiger partial charge is 0.502 e. The molecule has 1 unspecified atom stereocenters. The summed E-state index contributed by atoms with van der Waals surface area (Å²) < 4.78 is 25.3. The molecule has 0 spiro atoms. The molecule has 0 fully saturated rings. The maximum atomic E-state index is 12.3. The number of aliphatic carboxylic acids is 1. The van der Waals surface area contributed by atoms with Gasteiger partial charge in [0.05, 0.1) is 18.0 Å². The highest BCUT2D eigenvalue weighted by Crippen LogP contribution is 2.16. The fraction of sp³-hybridized carbons (Fsp3) is 0.154. The van der Waals surface area contributed by atoms with E-state index in [0.29, 0.717) is 16.6 Å². The first-order valence-corrected chi connectivity index (χ1v) is 7.63. The van der Waals surface area contributed by atoms with E-state index in [1.165, 1.54) is 6.08 Å². The second kappa shape index (κ2) is 5.98. The van der Waals surface area contributed by atoms with Gasteiger partial charge in [0.25, 0.3) is 10.0 Å². The number of hydrogen-bond donors (Lipinski definition) is 2. The first kappa shape index (κ1) is 15.7. The molecule has 116 valence electrons. The highest BCUT2D eigenvalue weighted by molar-refractivity contribution is 7.90. The molecule has 0 saturated heterocycles. The maximum Gasteiger partial charge on any atom is 0.371 e. The summed E-state index contributed by atoms with van der Waals surface area (Å²) in [6.45, 7) is 0. The van der Waals surface area contributed by atoms with Gasteiger partial charge in [-0.15, -0.1) is 0 Å². The SMILES string of the molecule is O=C(O)C(O)=CC(=O)c1cnn(S(=O)(=O)C2C=CC=CC2)c1. The first-order chi connectivity index (χ1) is 10.3. The molecule has 2 rings (SSSR count). The number of rotatable bonds is 5. The van der Waals surface area contributed by atoms with Gasteiger partial charge in [0.1, 0.15) is 5.25 Å². The molecule has 1 heterocycles. The van der Waals surface area contributed by atoms with E-state index in [0.717, 1.165) is 12.4 Å². The molecular formula is C13H12N2O6S. The first-order valence-electron chi connectivity index (χ1n) is 6.13. The van der Waals surface area contributed by atoms with E-state index in [-0.39, 0.29) is 5.56 Å². The molecule has 0 bridgehead atoms. The molecule has 2 N–H and O–H groups in total. The van der Waals surface area contributed by atoms with E-state index in [9.17, 15) is 18.0 Å². The number of carbonyl (C=O) groups is 2. The molecule has 1 aromatic heterocycles. The van der Waals surface area contributed by atoms with Crippen LogP contribution >= 0.6 is 0 Å². The number of hydrogen-bond acceptors (Lipinski definition) is 6. The summed E-state index contributed by atoms with van der Waals surface area (Å²) in [5.74, 6) is -3.66. The molecule has 22 heavy (non-hydrogen) atoms. The van der Waals surface area contributed by atoms with Crippen LogP contribution in [0.15, 0.2) is 48.5 Å². The number of ketones is 1. The summed E-state index contributed by atoms with van der Waals surface area (Å²) in [6.07, 6.45) is 9.29. The molecule has 0 saturated carbocycles. The summed E-state index contributed by atoms with van der Waals surface area (Å²) in [7, 11) is -3.80. The lowest BCUT2D eigenvalue weighted by Gasteiger charge is -2.13. The summed E-state index contributed by atoms with van der Waals surface area (Å²) in [5.41, 5.74) is -0.147. The number of aliphatic hydroxyl groups excluding tert-OH is 1. The summed E-state index contributed by atoms with van der Waals surface area (Å²) >= 11 is 0. The van der Waals surface area contributed by atoms with Crippen molar-refractivity contribution in [3.05, 3.63) is 54.1 Å². The maximum absolute atomic E-state index is 12.3. The van der Waals surface area contributed by atoms with Crippen LogP contribution in [0.4, 0.5) is 0 Å². The van der Waals surface area contributed by atoms with Gasteiger partial charge in [-0.1, -0.05) is 24.3 Å². The standard InChI is InChI=1S/C13H12N2O6S/c16-11(6-12(17)13(18)19)9-7-14-15(8-9)22(20,21)10-4-2-1-3-5-10/h1-4,6-8,10,17H,5H2,(H,18,19). The summed E-state index contributed by atoms with van der Waals surface area (Å²) in [6, 6.07) is 0. The Hall–Kier alpha value is -2.68. The smallest absolute Gasteiger partial charge is 0.371 e. The number of allylic oxidation sites excluding steroid dienone is 4. The van der Waals surface area contributed by atoms with E-state index in [1.807, 2.05) is 0 Å². The Morgan fingerprint density at radius 2 is 2.05 bits per heavy atom. The lowest BCUT2D eigenvalue weighted by molar-refractivity contribution is -0.135. The number of carbonyl (C=O) groups excluding carboxylic acids is 1. The minimum absolute atomic E-state index is 0.147. The number of aliphatic hydroxyl groups is 1. The van der Waals surface area contributed by atoms with E-state index in [1.54, 1.807) is 18.2 Å².